The third-order valence-corrected chi connectivity index (χ3v) is 7.32. The van der Waals surface area contributed by atoms with E-state index in [1.54, 1.807) is 24.3 Å². The highest BCUT2D eigenvalue weighted by Gasteiger charge is 2.23. The number of para-hydroxylation sites is 1. The van der Waals surface area contributed by atoms with Gasteiger partial charge in [0, 0.05) is 16.5 Å². The van der Waals surface area contributed by atoms with Crippen LogP contribution in [0.1, 0.15) is 5.56 Å². The minimum Gasteiger partial charge on any atom is -0.443 e. The van der Waals surface area contributed by atoms with Crippen LogP contribution in [-0.2, 0) is 26.7 Å². The monoisotopic (exact) mass is 494 g/mol. The molecule has 0 atom stereocenters. The molecule has 0 bridgehead atoms. The van der Waals surface area contributed by atoms with Gasteiger partial charge in [0.05, 0.1) is 16.3 Å². The SMILES string of the molecule is O=S(=O)(Nc1ccc(Cl)cc1NS(=O)(=O)c1cc2ccccc2o1)c1cccc(CF)c1. The lowest BCUT2D eigenvalue weighted by molar-refractivity contribution is 0.484. The molecule has 2 N–H and O–H groups in total. The number of nitrogens with one attached hydrogen (secondary N) is 2. The lowest BCUT2D eigenvalue weighted by Gasteiger charge is -2.14. The second-order valence-electron chi connectivity index (χ2n) is 6.79. The number of hydrogen-bond acceptors (Lipinski definition) is 5. The molecule has 7 nitrogen and oxygen atoms in total. The van der Waals surface area contributed by atoms with Gasteiger partial charge in [-0.2, -0.15) is 8.42 Å². The Labute approximate surface area is 188 Å². The summed E-state index contributed by atoms with van der Waals surface area (Å²) in [6.45, 7) is -0.827. The first kappa shape index (κ1) is 22.1. The molecule has 3 aromatic carbocycles. The molecule has 0 unspecified atom stereocenters. The van der Waals surface area contributed by atoms with Crippen LogP contribution in [-0.4, -0.2) is 16.8 Å². The molecule has 1 aromatic heterocycles. The van der Waals surface area contributed by atoms with Gasteiger partial charge in [-0.25, -0.2) is 12.8 Å². The molecule has 0 saturated heterocycles. The van der Waals surface area contributed by atoms with Crippen LogP contribution in [0.25, 0.3) is 11.0 Å². The van der Waals surface area contributed by atoms with Crippen molar-refractivity contribution in [2.24, 2.45) is 0 Å². The lowest BCUT2D eigenvalue weighted by atomic mass is 10.2. The normalized spacial score (nSPS) is 12.1. The van der Waals surface area contributed by atoms with E-state index in [1.807, 2.05) is 0 Å². The largest absolute Gasteiger partial charge is 0.443 e. The van der Waals surface area contributed by atoms with Gasteiger partial charge in [-0.1, -0.05) is 41.9 Å². The number of hydrogen-bond donors (Lipinski definition) is 2. The fourth-order valence-electron chi connectivity index (χ4n) is 2.97. The molecule has 0 fully saturated rings. The molecule has 4 rings (SSSR count). The Hall–Kier alpha value is -3.08. The van der Waals surface area contributed by atoms with Crippen molar-refractivity contribution in [1.82, 2.24) is 0 Å². The van der Waals surface area contributed by atoms with Crippen LogP contribution in [0.5, 0.6) is 0 Å². The highest BCUT2D eigenvalue weighted by atomic mass is 35.5. The summed E-state index contributed by atoms with van der Waals surface area (Å²) in [6, 6.07) is 17.5. The standard InChI is InChI=1S/C21H16ClFN2O5S2/c22-16-8-9-18(24-31(26,27)17-6-3-4-14(10-17)13-23)19(12-16)25-32(28,29)21-11-15-5-1-2-7-20(15)30-21/h1-12,24-25H,13H2. The second-order valence-corrected chi connectivity index (χ2v) is 10.5. The second kappa shape index (κ2) is 8.45. The molecule has 0 saturated carbocycles. The Morgan fingerprint density at radius 1 is 0.812 bits per heavy atom. The zero-order valence-corrected chi connectivity index (χ0v) is 18.6. The van der Waals surface area contributed by atoms with Crippen LogP contribution in [0.3, 0.4) is 0 Å². The van der Waals surface area contributed by atoms with Crippen molar-refractivity contribution in [1.29, 1.82) is 0 Å². The van der Waals surface area contributed by atoms with E-state index < -0.39 is 26.7 Å². The van der Waals surface area contributed by atoms with Crippen molar-refractivity contribution in [3.05, 3.63) is 83.4 Å². The molecule has 0 aliphatic carbocycles. The van der Waals surface area contributed by atoms with Crippen LogP contribution >= 0.6 is 11.6 Å². The minimum absolute atomic E-state index is 0.0697. The summed E-state index contributed by atoms with van der Waals surface area (Å²) in [5.74, 6) is 0. The van der Waals surface area contributed by atoms with Crippen molar-refractivity contribution >= 4 is 54.0 Å². The highest BCUT2D eigenvalue weighted by molar-refractivity contribution is 7.93. The van der Waals surface area contributed by atoms with E-state index in [9.17, 15) is 21.2 Å². The summed E-state index contributed by atoms with van der Waals surface area (Å²) in [5.41, 5.74) is 0.394. The maximum Gasteiger partial charge on any atom is 0.295 e. The predicted octanol–water partition coefficient (Wildman–Crippen LogP) is 5.16. The molecule has 166 valence electrons. The van der Waals surface area contributed by atoms with Gasteiger partial charge in [-0.3, -0.25) is 9.44 Å². The minimum atomic E-state index is -4.21. The molecule has 0 spiro atoms. The third kappa shape index (κ3) is 4.57. The Balaban J connectivity index is 1.69. The van der Waals surface area contributed by atoms with Gasteiger partial charge >= 0.3 is 0 Å². The van der Waals surface area contributed by atoms with Crippen LogP contribution in [0, 0.1) is 0 Å². The summed E-state index contributed by atoms with van der Waals surface area (Å²) < 4.78 is 74.3. The van der Waals surface area contributed by atoms with Crippen molar-refractivity contribution in [2.45, 2.75) is 16.7 Å². The number of halogens is 2. The van der Waals surface area contributed by atoms with E-state index in [2.05, 4.69) is 9.44 Å². The number of alkyl halides is 1. The van der Waals surface area contributed by atoms with Gasteiger partial charge in [0.2, 0.25) is 5.09 Å². The zero-order valence-electron chi connectivity index (χ0n) is 16.2. The topological polar surface area (TPSA) is 105 Å². The maximum atomic E-state index is 12.9. The van der Waals surface area contributed by atoms with Gasteiger partial charge in [0.25, 0.3) is 20.0 Å². The summed E-state index contributed by atoms with van der Waals surface area (Å²) in [4.78, 5) is -0.173. The molecule has 0 radical (unpaired) electrons. The average Bonchev–Trinajstić information content (AvgIpc) is 3.21. The Kier molecular flexibility index (Phi) is 5.85. The van der Waals surface area contributed by atoms with E-state index in [-0.39, 0.29) is 31.9 Å². The average molecular weight is 495 g/mol. The summed E-state index contributed by atoms with van der Waals surface area (Å²) in [5, 5.41) is 0.422. The van der Waals surface area contributed by atoms with E-state index in [1.165, 1.54) is 48.5 Å². The zero-order chi connectivity index (χ0) is 22.9. The molecular formula is C21H16ClFN2O5S2. The van der Waals surface area contributed by atoms with E-state index in [0.717, 1.165) is 0 Å². The Morgan fingerprint density at radius 2 is 1.56 bits per heavy atom. The number of benzene rings is 3. The fourth-order valence-corrected chi connectivity index (χ4v) is 5.34. The Morgan fingerprint density at radius 3 is 2.31 bits per heavy atom. The Bertz CT molecular complexity index is 1490. The summed E-state index contributed by atoms with van der Waals surface area (Å²) >= 11 is 6.01. The third-order valence-electron chi connectivity index (χ3n) is 4.50. The van der Waals surface area contributed by atoms with Crippen molar-refractivity contribution in [2.75, 3.05) is 9.44 Å². The van der Waals surface area contributed by atoms with Gasteiger partial charge in [-0.05, 0) is 42.0 Å². The van der Waals surface area contributed by atoms with Crippen LogP contribution in [0.4, 0.5) is 15.8 Å². The molecular weight excluding hydrogens is 479 g/mol. The van der Waals surface area contributed by atoms with Gasteiger partial charge in [0.1, 0.15) is 12.3 Å². The molecule has 11 heteroatoms. The quantitative estimate of drug-likeness (QED) is 0.369. The summed E-state index contributed by atoms with van der Waals surface area (Å²) in [7, 11) is -8.35. The van der Waals surface area contributed by atoms with Crippen LogP contribution in [0.2, 0.25) is 5.02 Å². The first-order chi connectivity index (χ1) is 15.2. The smallest absolute Gasteiger partial charge is 0.295 e. The maximum absolute atomic E-state index is 12.9. The molecule has 0 aliphatic heterocycles. The van der Waals surface area contributed by atoms with Crippen molar-refractivity contribution in [3.8, 4) is 0 Å². The lowest BCUT2D eigenvalue weighted by Crippen LogP contribution is -2.17. The summed E-state index contributed by atoms with van der Waals surface area (Å²) in [6.07, 6.45) is 0. The van der Waals surface area contributed by atoms with Crippen molar-refractivity contribution in [3.63, 3.8) is 0 Å². The number of sulfonamides is 2. The predicted molar refractivity (Wildman–Crippen MR) is 121 cm³/mol. The van der Waals surface area contributed by atoms with Crippen LogP contribution < -0.4 is 9.44 Å². The fraction of sp³-hybridized carbons (Fsp3) is 0.0476. The van der Waals surface area contributed by atoms with E-state index in [0.29, 0.717) is 11.0 Å². The number of fused-ring (bicyclic) bond motifs is 1. The van der Waals surface area contributed by atoms with Gasteiger partial charge < -0.3 is 4.42 Å². The molecule has 1 heterocycles. The van der Waals surface area contributed by atoms with Gasteiger partial charge in [-0.15, -0.1) is 0 Å². The van der Waals surface area contributed by atoms with E-state index >= 15 is 0 Å². The highest BCUT2D eigenvalue weighted by Crippen LogP contribution is 2.31. The van der Waals surface area contributed by atoms with Crippen LogP contribution in [0.15, 0.2) is 87.2 Å². The molecule has 0 aliphatic rings. The van der Waals surface area contributed by atoms with E-state index in [4.69, 9.17) is 16.0 Å². The molecule has 32 heavy (non-hydrogen) atoms. The first-order valence-electron chi connectivity index (χ1n) is 9.17. The molecule has 4 aromatic rings. The first-order valence-corrected chi connectivity index (χ1v) is 12.5. The number of rotatable bonds is 7. The number of anilines is 2. The van der Waals surface area contributed by atoms with Crippen molar-refractivity contribution < 1.29 is 25.6 Å². The number of furan rings is 1. The molecule has 0 amide bonds. The van der Waals surface area contributed by atoms with Gasteiger partial charge in [0.15, 0.2) is 0 Å².